The zero-order valence-corrected chi connectivity index (χ0v) is 13.7. The maximum absolute atomic E-state index is 12.5. The Morgan fingerprint density at radius 3 is 2.68 bits per heavy atom. The van der Waals surface area contributed by atoms with E-state index in [0.29, 0.717) is 11.3 Å². The van der Waals surface area contributed by atoms with Crippen molar-refractivity contribution in [3.63, 3.8) is 0 Å². The van der Waals surface area contributed by atoms with E-state index in [4.69, 9.17) is 10.3 Å². The van der Waals surface area contributed by atoms with Crippen LogP contribution in [0.1, 0.15) is 59.6 Å². The molecule has 0 fully saturated rings. The number of hydrogen-bond donors (Lipinski definition) is 2. The van der Waals surface area contributed by atoms with Crippen LogP contribution >= 0.6 is 0 Å². The average molecular weight is 301 g/mol. The molecular formula is C17H23N3O2. The first-order valence-corrected chi connectivity index (χ1v) is 7.32. The highest BCUT2D eigenvalue weighted by Crippen LogP contribution is 2.23. The molecule has 0 aliphatic carbocycles. The monoisotopic (exact) mass is 301 g/mol. The van der Waals surface area contributed by atoms with Crippen molar-refractivity contribution in [3.05, 3.63) is 52.4 Å². The molecule has 0 aliphatic heterocycles. The predicted octanol–water partition coefficient (Wildman–Crippen LogP) is 2.98. The SMILES string of the molecule is Cc1cccc(C(C)NC(=O)c2conc2C(C)(C)N)c1C. The molecule has 5 heteroatoms. The van der Waals surface area contributed by atoms with Gasteiger partial charge in [0.2, 0.25) is 0 Å². The van der Waals surface area contributed by atoms with E-state index in [1.807, 2.05) is 19.1 Å². The van der Waals surface area contributed by atoms with E-state index in [2.05, 4.69) is 30.4 Å². The van der Waals surface area contributed by atoms with Crippen LogP contribution in [0.3, 0.4) is 0 Å². The maximum Gasteiger partial charge on any atom is 0.257 e. The Labute approximate surface area is 130 Å². The molecule has 2 rings (SSSR count). The molecule has 0 saturated carbocycles. The highest BCUT2D eigenvalue weighted by molar-refractivity contribution is 5.95. The Morgan fingerprint density at radius 2 is 2.05 bits per heavy atom. The second-order valence-corrected chi connectivity index (χ2v) is 6.28. The van der Waals surface area contributed by atoms with Crippen LogP contribution in [-0.2, 0) is 5.54 Å². The van der Waals surface area contributed by atoms with Crippen molar-refractivity contribution in [1.82, 2.24) is 10.5 Å². The van der Waals surface area contributed by atoms with Crippen LogP contribution in [0, 0.1) is 13.8 Å². The van der Waals surface area contributed by atoms with Gasteiger partial charge in [-0.1, -0.05) is 23.4 Å². The van der Waals surface area contributed by atoms with Crippen LogP contribution in [0.5, 0.6) is 0 Å². The minimum Gasteiger partial charge on any atom is -0.364 e. The number of carbonyl (C=O) groups excluding carboxylic acids is 1. The Bertz CT molecular complexity index is 683. The van der Waals surface area contributed by atoms with Crippen LogP contribution in [0.15, 0.2) is 29.0 Å². The fraction of sp³-hybridized carbons (Fsp3) is 0.412. The van der Waals surface area contributed by atoms with Gasteiger partial charge in [-0.25, -0.2) is 0 Å². The van der Waals surface area contributed by atoms with Crippen LogP contribution in [0.25, 0.3) is 0 Å². The number of carbonyl (C=O) groups is 1. The van der Waals surface area contributed by atoms with Gasteiger partial charge < -0.3 is 15.6 Å². The van der Waals surface area contributed by atoms with E-state index in [1.165, 1.54) is 17.4 Å². The largest absolute Gasteiger partial charge is 0.364 e. The van der Waals surface area contributed by atoms with E-state index in [9.17, 15) is 4.79 Å². The highest BCUT2D eigenvalue weighted by atomic mass is 16.5. The van der Waals surface area contributed by atoms with Crippen LogP contribution in [-0.4, -0.2) is 11.1 Å². The molecule has 1 aromatic heterocycles. The fourth-order valence-corrected chi connectivity index (χ4v) is 2.46. The lowest BCUT2D eigenvalue weighted by Gasteiger charge is -2.19. The summed E-state index contributed by atoms with van der Waals surface area (Å²) in [6, 6.07) is 5.96. The van der Waals surface area contributed by atoms with Gasteiger partial charge in [0.05, 0.1) is 11.6 Å². The van der Waals surface area contributed by atoms with E-state index in [0.717, 1.165) is 5.56 Å². The molecule has 1 unspecified atom stereocenters. The van der Waals surface area contributed by atoms with Gasteiger partial charge in [-0.3, -0.25) is 4.79 Å². The van der Waals surface area contributed by atoms with Crippen molar-refractivity contribution in [2.24, 2.45) is 5.73 Å². The van der Waals surface area contributed by atoms with Gasteiger partial charge in [0.1, 0.15) is 17.5 Å². The fourth-order valence-electron chi connectivity index (χ4n) is 2.46. The second-order valence-electron chi connectivity index (χ2n) is 6.28. The molecule has 0 radical (unpaired) electrons. The number of rotatable bonds is 4. The number of amides is 1. The molecule has 1 heterocycles. The maximum atomic E-state index is 12.5. The minimum atomic E-state index is -0.734. The summed E-state index contributed by atoms with van der Waals surface area (Å²) >= 11 is 0. The molecule has 0 spiro atoms. The normalized spacial score (nSPS) is 13.0. The minimum absolute atomic E-state index is 0.115. The lowest BCUT2D eigenvalue weighted by atomic mass is 9.96. The Kier molecular flexibility index (Phi) is 4.37. The van der Waals surface area contributed by atoms with Gasteiger partial charge in [-0.15, -0.1) is 0 Å². The van der Waals surface area contributed by atoms with Crippen molar-refractivity contribution in [2.45, 2.75) is 46.2 Å². The van der Waals surface area contributed by atoms with E-state index in [-0.39, 0.29) is 11.9 Å². The van der Waals surface area contributed by atoms with Gasteiger partial charge in [0.25, 0.3) is 5.91 Å². The molecule has 5 nitrogen and oxygen atoms in total. The summed E-state index contributed by atoms with van der Waals surface area (Å²) in [5, 5.41) is 6.84. The molecule has 3 N–H and O–H groups in total. The zero-order valence-electron chi connectivity index (χ0n) is 13.7. The number of benzene rings is 1. The highest BCUT2D eigenvalue weighted by Gasteiger charge is 2.27. The Morgan fingerprint density at radius 1 is 1.36 bits per heavy atom. The quantitative estimate of drug-likeness (QED) is 0.909. The summed E-state index contributed by atoms with van der Waals surface area (Å²) in [4.78, 5) is 12.5. The van der Waals surface area contributed by atoms with Crippen molar-refractivity contribution in [3.8, 4) is 0 Å². The molecule has 1 aromatic carbocycles. The summed E-state index contributed by atoms with van der Waals surface area (Å²) in [6.07, 6.45) is 1.34. The number of nitrogens with two attached hydrogens (primary N) is 1. The summed E-state index contributed by atoms with van der Waals surface area (Å²) in [6.45, 7) is 9.65. The molecule has 1 atom stereocenters. The molecule has 0 saturated heterocycles. The summed E-state index contributed by atoms with van der Waals surface area (Å²) in [7, 11) is 0. The number of aromatic nitrogens is 1. The van der Waals surface area contributed by atoms with Crippen LogP contribution in [0.2, 0.25) is 0 Å². The number of aryl methyl sites for hydroxylation is 1. The summed E-state index contributed by atoms with van der Waals surface area (Å²) < 4.78 is 4.93. The van der Waals surface area contributed by atoms with Crippen LogP contribution < -0.4 is 11.1 Å². The molecule has 0 aliphatic rings. The molecule has 0 bridgehead atoms. The summed E-state index contributed by atoms with van der Waals surface area (Å²) in [5.74, 6) is -0.233. The second kappa shape index (κ2) is 5.93. The standard InChI is InChI=1S/C17H23N3O2/c1-10-7-6-8-13(11(10)2)12(3)19-16(21)14-9-22-20-15(14)17(4,5)18/h6-9,12H,18H2,1-5H3,(H,19,21). The third-order valence-electron chi connectivity index (χ3n) is 3.89. The first kappa shape index (κ1) is 16.2. The molecule has 22 heavy (non-hydrogen) atoms. The summed E-state index contributed by atoms with van der Waals surface area (Å²) in [5.41, 5.74) is 9.60. The van der Waals surface area contributed by atoms with Gasteiger partial charge in [-0.2, -0.15) is 0 Å². The number of hydrogen-bond acceptors (Lipinski definition) is 4. The third kappa shape index (κ3) is 3.20. The van der Waals surface area contributed by atoms with Gasteiger partial charge >= 0.3 is 0 Å². The first-order chi connectivity index (χ1) is 10.2. The number of nitrogens with one attached hydrogen (secondary N) is 1. The van der Waals surface area contributed by atoms with E-state index in [1.54, 1.807) is 13.8 Å². The average Bonchev–Trinajstić information content (AvgIpc) is 2.91. The van der Waals surface area contributed by atoms with E-state index < -0.39 is 5.54 Å². The van der Waals surface area contributed by atoms with Gasteiger partial charge in [-0.05, 0) is 51.3 Å². The number of nitrogens with zero attached hydrogens (tertiary/aromatic N) is 1. The Hall–Kier alpha value is -2.14. The molecule has 1 amide bonds. The van der Waals surface area contributed by atoms with Crippen molar-refractivity contribution in [2.75, 3.05) is 0 Å². The van der Waals surface area contributed by atoms with Crippen LogP contribution in [0.4, 0.5) is 0 Å². The smallest absolute Gasteiger partial charge is 0.257 e. The van der Waals surface area contributed by atoms with Gasteiger partial charge in [0, 0.05) is 0 Å². The molecule has 118 valence electrons. The lowest BCUT2D eigenvalue weighted by molar-refractivity contribution is 0.0937. The topological polar surface area (TPSA) is 81.2 Å². The molecule has 2 aromatic rings. The molecular weight excluding hydrogens is 278 g/mol. The predicted molar refractivity (Wildman–Crippen MR) is 85.5 cm³/mol. The van der Waals surface area contributed by atoms with E-state index >= 15 is 0 Å². The first-order valence-electron chi connectivity index (χ1n) is 7.32. The Balaban J connectivity index is 2.23. The van der Waals surface area contributed by atoms with Gasteiger partial charge in [0.15, 0.2) is 0 Å². The third-order valence-corrected chi connectivity index (χ3v) is 3.89. The van der Waals surface area contributed by atoms with Crippen molar-refractivity contribution < 1.29 is 9.32 Å². The lowest BCUT2D eigenvalue weighted by Crippen LogP contribution is -2.34. The van der Waals surface area contributed by atoms with Crippen molar-refractivity contribution >= 4 is 5.91 Å². The van der Waals surface area contributed by atoms with Crippen molar-refractivity contribution in [1.29, 1.82) is 0 Å². The zero-order chi connectivity index (χ0) is 16.5.